The van der Waals surface area contributed by atoms with Crippen molar-refractivity contribution in [3.8, 4) is 0 Å². The molecule has 1 N–H and O–H groups in total. The third-order valence-corrected chi connectivity index (χ3v) is 6.92. The van der Waals surface area contributed by atoms with E-state index >= 15 is 0 Å². The van der Waals surface area contributed by atoms with Crippen molar-refractivity contribution >= 4 is 21.5 Å². The molecule has 2 aromatic rings. The highest BCUT2D eigenvalue weighted by atomic mass is 32.2. The Labute approximate surface area is 154 Å². The molecule has 0 atom stereocenters. The van der Waals surface area contributed by atoms with Crippen LogP contribution in [0.1, 0.15) is 41.9 Å². The fourth-order valence-corrected chi connectivity index (χ4v) is 5.36. The number of nitrogens with one attached hydrogen (secondary N) is 1. The molecule has 1 aliphatic heterocycles. The first kappa shape index (κ1) is 17.3. The third-order valence-electron chi connectivity index (χ3n) is 5.05. The fraction of sp³-hybridized carbons (Fsp3) is 0.474. The summed E-state index contributed by atoms with van der Waals surface area (Å²) in [6.45, 7) is 3.11. The summed E-state index contributed by atoms with van der Waals surface area (Å²) in [4.78, 5) is 9.18. The van der Waals surface area contributed by atoms with Gasteiger partial charge in [-0.15, -0.1) is 0 Å². The van der Waals surface area contributed by atoms with Crippen LogP contribution in [-0.2, 0) is 29.4 Å². The first-order chi connectivity index (χ1) is 12.5. The van der Waals surface area contributed by atoms with E-state index in [0.29, 0.717) is 19.5 Å². The van der Waals surface area contributed by atoms with E-state index in [9.17, 15) is 8.42 Å². The lowest BCUT2D eigenvalue weighted by molar-refractivity contribution is 0.599. The zero-order valence-corrected chi connectivity index (χ0v) is 15.8. The van der Waals surface area contributed by atoms with Crippen LogP contribution >= 0.6 is 0 Å². The van der Waals surface area contributed by atoms with Gasteiger partial charge in [-0.3, -0.25) is 4.31 Å². The number of sulfonamides is 1. The Morgan fingerprint density at radius 2 is 2.00 bits per heavy atom. The van der Waals surface area contributed by atoms with Crippen molar-refractivity contribution in [2.45, 2.75) is 45.6 Å². The molecule has 0 saturated carbocycles. The number of hydrogen-bond donors (Lipinski definition) is 1. The van der Waals surface area contributed by atoms with Gasteiger partial charge in [0.25, 0.3) is 0 Å². The van der Waals surface area contributed by atoms with Crippen LogP contribution in [-0.4, -0.2) is 30.7 Å². The number of benzene rings is 1. The molecule has 1 fully saturated rings. The molecule has 0 unspecified atom stereocenters. The van der Waals surface area contributed by atoms with Crippen LogP contribution in [0, 0.1) is 6.92 Å². The van der Waals surface area contributed by atoms with Gasteiger partial charge >= 0.3 is 0 Å². The average molecular weight is 372 g/mol. The zero-order valence-electron chi connectivity index (χ0n) is 15.0. The third kappa shape index (κ3) is 3.40. The Balaban J connectivity index is 1.54. The molecule has 138 valence electrons. The molecule has 1 aromatic carbocycles. The highest BCUT2D eigenvalue weighted by Gasteiger charge is 2.28. The van der Waals surface area contributed by atoms with Crippen LogP contribution in [0.3, 0.4) is 0 Å². The van der Waals surface area contributed by atoms with Crippen molar-refractivity contribution in [1.29, 1.82) is 0 Å². The van der Waals surface area contributed by atoms with Gasteiger partial charge < -0.3 is 5.32 Å². The Kier molecular flexibility index (Phi) is 4.56. The number of hydrogen-bond acceptors (Lipinski definition) is 5. The summed E-state index contributed by atoms with van der Waals surface area (Å²) < 4.78 is 25.8. The minimum absolute atomic E-state index is 0.238. The molecule has 1 saturated heterocycles. The van der Waals surface area contributed by atoms with Crippen molar-refractivity contribution in [1.82, 2.24) is 9.97 Å². The second-order valence-corrected chi connectivity index (χ2v) is 9.03. The summed E-state index contributed by atoms with van der Waals surface area (Å²) in [5, 5.41) is 3.45. The van der Waals surface area contributed by atoms with Crippen LogP contribution in [0.4, 0.5) is 11.5 Å². The van der Waals surface area contributed by atoms with Gasteiger partial charge in [0.1, 0.15) is 11.6 Å². The molecule has 0 radical (unpaired) electrons. The summed E-state index contributed by atoms with van der Waals surface area (Å²) in [6.07, 6.45) is 5.10. The van der Waals surface area contributed by atoms with Crippen molar-refractivity contribution in [3.63, 3.8) is 0 Å². The molecule has 0 spiro atoms. The monoisotopic (exact) mass is 372 g/mol. The maximum Gasteiger partial charge on any atom is 0.235 e. The molecular formula is C19H24N4O2S. The second kappa shape index (κ2) is 6.87. The molecular weight excluding hydrogens is 348 g/mol. The molecule has 6 nitrogen and oxygen atoms in total. The maximum atomic E-state index is 12.1. The van der Waals surface area contributed by atoms with E-state index in [1.54, 1.807) is 0 Å². The zero-order chi connectivity index (χ0) is 18.1. The van der Waals surface area contributed by atoms with E-state index in [0.717, 1.165) is 35.7 Å². The Morgan fingerprint density at radius 1 is 1.15 bits per heavy atom. The molecule has 7 heteroatoms. The largest absolute Gasteiger partial charge is 0.366 e. The van der Waals surface area contributed by atoms with Gasteiger partial charge in [-0.05, 0) is 56.7 Å². The quantitative estimate of drug-likeness (QED) is 0.893. The van der Waals surface area contributed by atoms with Gasteiger partial charge in [-0.2, -0.15) is 0 Å². The molecule has 0 bridgehead atoms. The molecule has 0 amide bonds. The first-order valence-electron chi connectivity index (χ1n) is 9.22. The number of anilines is 2. The number of aromatic nitrogens is 2. The van der Waals surface area contributed by atoms with Gasteiger partial charge in [-0.1, -0.05) is 12.1 Å². The van der Waals surface area contributed by atoms with Gasteiger partial charge in [0.15, 0.2) is 0 Å². The normalized spacial score (nSPS) is 18.6. The van der Waals surface area contributed by atoms with E-state index < -0.39 is 10.0 Å². The number of rotatable bonds is 4. The van der Waals surface area contributed by atoms with Crippen molar-refractivity contribution in [2.75, 3.05) is 21.9 Å². The van der Waals surface area contributed by atoms with E-state index in [4.69, 9.17) is 0 Å². The van der Waals surface area contributed by atoms with E-state index in [1.807, 2.05) is 31.2 Å². The topological polar surface area (TPSA) is 75.2 Å². The molecule has 1 aliphatic carbocycles. The molecule has 4 rings (SSSR count). The second-order valence-electron chi connectivity index (χ2n) is 7.02. The summed E-state index contributed by atoms with van der Waals surface area (Å²) in [5.74, 6) is 1.96. The lowest BCUT2D eigenvalue weighted by Crippen LogP contribution is -2.25. The molecule has 1 aromatic heterocycles. The smallest absolute Gasteiger partial charge is 0.235 e. The highest BCUT2D eigenvalue weighted by molar-refractivity contribution is 7.93. The Hall–Kier alpha value is -2.15. The minimum atomic E-state index is -3.15. The van der Waals surface area contributed by atoms with Crippen LogP contribution in [0.15, 0.2) is 24.3 Å². The maximum absolute atomic E-state index is 12.1. The first-order valence-corrected chi connectivity index (χ1v) is 10.8. The van der Waals surface area contributed by atoms with Gasteiger partial charge in [-0.25, -0.2) is 18.4 Å². The number of nitrogens with zero attached hydrogens (tertiary/aromatic N) is 3. The summed E-state index contributed by atoms with van der Waals surface area (Å²) in [5.41, 5.74) is 4.21. The number of aryl methyl sites for hydroxylation is 2. The van der Waals surface area contributed by atoms with Crippen molar-refractivity contribution < 1.29 is 8.42 Å². The fourth-order valence-electron chi connectivity index (χ4n) is 3.80. The van der Waals surface area contributed by atoms with Crippen LogP contribution < -0.4 is 9.62 Å². The van der Waals surface area contributed by atoms with Crippen molar-refractivity contribution in [2.24, 2.45) is 0 Å². The van der Waals surface area contributed by atoms with Crippen LogP contribution in [0.5, 0.6) is 0 Å². The molecule has 26 heavy (non-hydrogen) atoms. The Morgan fingerprint density at radius 3 is 2.81 bits per heavy atom. The number of fused-ring (bicyclic) bond motifs is 1. The lowest BCUT2D eigenvalue weighted by Gasteiger charge is -2.20. The average Bonchev–Trinajstić information content (AvgIpc) is 2.99. The van der Waals surface area contributed by atoms with Crippen molar-refractivity contribution in [3.05, 3.63) is 46.9 Å². The predicted octanol–water partition coefficient (Wildman–Crippen LogP) is 2.82. The van der Waals surface area contributed by atoms with Gasteiger partial charge in [0.05, 0.1) is 11.4 Å². The minimum Gasteiger partial charge on any atom is -0.366 e. The standard InChI is InChI=1S/C19H24N4O2S/c1-14-21-18-9-3-2-8-17(18)19(22-14)20-13-15-6-4-7-16(12-15)23-10-5-11-26(23,24)25/h4,6-7,12H,2-3,5,8-11,13H2,1H3,(H,20,21,22). The van der Waals surface area contributed by atoms with E-state index in [2.05, 4.69) is 15.3 Å². The lowest BCUT2D eigenvalue weighted by atomic mass is 9.96. The SMILES string of the molecule is Cc1nc2c(c(NCc3cccc(N4CCCS4(=O)=O)c3)n1)CCCC2. The summed E-state index contributed by atoms with van der Waals surface area (Å²) in [6, 6.07) is 7.75. The molecule has 2 heterocycles. The van der Waals surface area contributed by atoms with E-state index in [-0.39, 0.29) is 5.75 Å². The van der Waals surface area contributed by atoms with Crippen LogP contribution in [0.25, 0.3) is 0 Å². The van der Waals surface area contributed by atoms with Crippen LogP contribution in [0.2, 0.25) is 0 Å². The Bertz CT molecular complexity index is 927. The highest BCUT2D eigenvalue weighted by Crippen LogP contribution is 2.27. The van der Waals surface area contributed by atoms with E-state index in [1.165, 1.54) is 28.4 Å². The molecule has 2 aliphatic rings. The predicted molar refractivity (Wildman–Crippen MR) is 103 cm³/mol. The van der Waals surface area contributed by atoms with Gasteiger partial charge in [0, 0.05) is 24.3 Å². The van der Waals surface area contributed by atoms with Gasteiger partial charge in [0.2, 0.25) is 10.0 Å². The summed E-state index contributed by atoms with van der Waals surface area (Å²) >= 11 is 0. The summed E-state index contributed by atoms with van der Waals surface area (Å²) in [7, 11) is -3.15.